The van der Waals surface area contributed by atoms with Gasteiger partial charge in [0.25, 0.3) is 0 Å². The molecule has 1 aromatic heterocycles. The Kier molecular flexibility index (Phi) is 4.05. The zero-order valence-electron chi connectivity index (χ0n) is 10.4. The molecule has 0 aliphatic carbocycles. The van der Waals surface area contributed by atoms with E-state index in [1.54, 1.807) is 6.20 Å². The number of aryl methyl sites for hydroxylation is 2. The molecule has 0 aliphatic heterocycles. The first-order valence-electron chi connectivity index (χ1n) is 6.07. The van der Waals surface area contributed by atoms with E-state index in [-0.39, 0.29) is 11.9 Å². The van der Waals surface area contributed by atoms with Gasteiger partial charge in [0.05, 0.1) is 0 Å². The van der Waals surface area contributed by atoms with Crippen LogP contribution in [-0.2, 0) is 6.42 Å². The smallest absolute Gasteiger partial charge is 0.123 e. The molecule has 0 fully saturated rings. The molecule has 2 nitrogen and oxygen atoms in total. The van der Waals surface area contributed by atoms with E-state index in [2.05, 4.69) is 4.98 Å². The first kappa shape index (κ1) is 12.7. The number of aromatic nitrogens is 1. The molecule has 1 atom stereocenters. The Balaban J connectivity index is 2.01. The first-order chi connectivity index (χ1) is 8.65. The molecule has 1 heterocycles. The van der Waals surface area contributed by atoms with Gasteiger partial charge in [0, 0.05) is 18.4 Å². The van der Waals surface area contributed by atoms with Crippen molar-refractivity contribution in [3.63, 3.8) is 0 Å². The molecule has 0 aliphatic rings. The van der Waals surface area contributed by atoms with Crippen LogP contribution in [0.2, 0.25) is 0 Å². The lowest BCUT2D eigenvalue weighted by Crippen LogP contribution is -2.12. The van der Waals surface area contributed by atoms with Crippen molar-refractivity contribution in [2.75, 3.05) is 0 Å². The Hall–Kier alpha value is -1.74. The van der Waals surface area contributed by atoms with E-state index in [4.69, 9.17) is 5.73 Å². The van der Waals surface area contributed by atoms with Gasteiger partial charge >= 0.3 is 0 Å². The van der Waals surface area contributed by atoms with Crippen molar-refractivity contribution in [2.24, 2.45) is 5.73 Å². The molecule has 1 aromatic carbocycles. The van der Waals surface area contributed by atoms with E-state index >= 15 is 0 Å². The van der Waals surface area contributed by atoms with Gasteiger partial charge < -0.3 is 5.73 Å². The Morgan fingerprint density at radius 2 is 2.17 bits per heavy atom. The van der Waals surface area contributed by atoms with Gasteiger partial charge in [0.15, 0.2) is 0 Å². The molecule has 0 bridgehead atoms. The van der Waals surface area contributed by atoms with E-state index in [0.29, 0.717) is 0 Å². The zero-order chi connectivity index (χ0) is 13.0. The van der Waals surface area contributed by atoms with Crippen LogP contribution in [0.15, 0.2) is 42.7 Å². The molecule has 2 N–H and O–H groups in total. The van der Waals surface area contributed by atoms with E-state index < -0.39 is 0 Å². The normalized spacial score (nSPS) is 12.4. The van der Waals surface area contributed by atoms with Gasteiger partial charge in [-0.05, 0) is 54.7 Å². The third kappa shape index (κ3) is 3.37. The van der Waals surface area contributed by atoms with Crippen LogP contribution in [-0.4, -0.2) is 4.98 Å². The number of nitrogens with two attached hydrogens (primary N) is 1. The van der Waals surface area contributed by atoms with Gasteiger partial charge in [-0.2, -0.15) is 0 Å². The van der Waals surface area contributed by atoms with Gasteiger partial charge in [-0.1, -0.05) is 12.1 Å². The van der Waals surface area contributed by atoms with Crippen molar-refractivity contribution < 1.29 is 4.39 Å². The van der Waals surface area contributed by atoms with Gasteiger partial charge in [-0.25, -0.2) is 4.39 Å². The lowest BCUT2D eigenvalue weighted by molar-refractivity contribution is 0.607. The lowest BCUT2D eigenvalue weighted by atomic mass is 9.99. The fourth-order valence-electron chi connectivity index (χ4n) is 2.01. The van der Waals surface area contributed by atoms with Crippen LogP contribution in [0.1, 0.15) is 29.2 Å². The van der Waals surface area contributed by atoms with Crippen molar-refractivity contribution in [1.82, 2.24) is 4.98 Å². The summed E-state index contributed by atoms with van der Waals surface area (Å²) in [7, 11) is 0. The highest BCUT2D eigenvalue weighted by Crippen LogP contribution is 2.19. The molecule has 3 heteroatoms. The minimum absolute atomic E-state index is 0.139. The summed E-state index contributed by atoms with van der Waals surface area (Å²) in [5.41, 5.74) is 9.01. The Morgan fingerprint density at radius 3 is 2.83 bits per heavy atom. The van der Waals surface area contributed by atoms with Gasteiger partial charge in [0.2, 0.25) is 0 Å². The fraction of sp³-hybridized carbons (Fsp3) is 0.267. The van der Waals surface area contributed by atoms with E-state index in [9.17, 15) is 4.39 Å². The van der Waals surface area contributed by atoms with E-state index in [1.807, 2.05) is 31.3 Å². The molecule has 0 amide bonds. The van der Waals surface area contributed by atoms with Crippen molar-refractivity contribution in [3.8, 4) is 0 Å². The maximum Gasteiger partial charge on any atom is 0.123 e. The van der Waals surface area contributed by atoms with E-state index in [0.717, 1.165) is 29.5 Å². The van der Waals surface area contributed by atoms with Crippen LogP contribution >= 0.6 is 0 Å². The molecule has 0 saturated carbocycles. The predicted octanol–water partition coefficient (Wildman–Crippen LogP) is 3.16. The number of hydrogen-bond acceptors (Lipinski definition) is 2. The number of halogens is 1. The minimum atomic E-state index is -0.221. The highest BCUT2D eigenvalue weighted by molar-refractivity contribution is 5.26. The highest BCUT2D eigenvalue weighted by atomic mass is 19.1. The summed E-state index contributed by atoms with van der Waals surface area (Å²) >= 11 is 0. The second-order valence-electron chi connectivity index (χ2n) is 4.57. The molecule has 0 spiro atoms. The molecule has 0 radical (unpaired) electrons. The fourth-order valence-corrected chi connectivity index (χ4v) is 2.01. The first-order valence-corrected chi connectivity index (χ1v) is 6.07. The SMILES string of the molecule is Cc1cc(F)cc(C(N)CCc2cccnc2)c1. The number of nitrogens with zero attached hydrogens (tertiary/aromatic N) is 1. The van der Waals surface area contributed by atoms with Gasteiger partial charge in [-0.15, -0.1) is 0 Å². The molecular weight excluding hydrogens is 227 g/mol. The van der Waals surface area contributed by atoms with Crippen molar-refractivity contribution in [3.05, 3.63) is 65.2 Å². The summed E-state index contributed by atoms with van der Waals surface area (Å²) in [5, 5.41) is 0. The molecule has 0 saturated heterocycles. The van der Waals surface area contributed by atoms with Crippen LogP contribution in [0, 0.1) is 12.7 Å². The average Bonchev–Trinajstić information content (AvgIpc) is 2.36. The molecule has 94 valence electrons. The Morgan fingerprint density at radius 1 is 1.33 bits per heavy atom. The molecular formula is C15H17FN2. The summed E-state index contributed by atoms with van der Waals surface area (Å²) in [6.07, 6.45) is 5.22. The molecule has 1 unspecified atom stereocenters. The van der Waals surface area contributed by atoms with Crippen LogP contribution in [0.25, 0.3) is 0 Å². The highest BCUT2D eigenvalue weighted by Gasteiger charge is 2.08. The summed E-state index contributed by atoms with van der Waals surface area (Å²) in [6.45, 7) is 1.88. The maximum atomic E-state index is 13.3. The van der Waals surface area contributed by atoms with Crippen LogP contribution in [0.5, 0.6) is 0 Å². The van der Waals surface area contributed by atoms with Crippen LogP contribution < -0.4 is 5.73 Å². The largest absolute Gasteiger partial charge is 0.324 e. The monoisotopic (exact) mass is 244 g/mol. The number of rotatable bonds is 4. The number of pyridine rings is 1. The van der Waals surface area contributed by atoms with Crippen LogP contribution in [0.4, 0.5) is 4.39 Å². The second-order valence-corrected chi connectivity index (χ2v) is 4.57. The third-order valence-electron chi connectivity index (χ3n) is 2.96. The van der Waals surface area contributed by atoms with Crippen molar-refractivity contribution >= 4 is 0 Å². The maximum absolute atomic E-state index is 13.3. The number of benzene rings is 1. The predicted molar refractivity (Wildman–Crippen MR) is 70.6 cm³/mol. The standard InChI is InChI=1S/C15H17FN2/c1-11-7-13(9-14(16)8-11)15(17)5-4-12-3-2-6-18-10-12/h2-3,6-10,15H,4-5,17H2,1H3. The van der Waals surface area contributed by atoms with Crippen molar-refractivity contribution in [1.29, 1.82) is 0 Å². The van der Waals surface area contributed by atoms with E-state index in [1.165, 1.54) is 12.1 Å². The van der Waals surface area contributed by atoms with Crippen molar-refractivity contribution in [2.45, 2.75) is 25.8 Å². The van der Waals surface area contributed by atoms with Gasteiger partial charge in [-0.3, -0.25) is 4.98 Å². The average molecular weight is 244 g/mol. The second kappa shape index (κ2) is 5.74. The summed E-state index contributed by atoms with van der Waals surface area (Å²) in [6, 6.07) is 8.76. The molecule has 18 heavy (non-hydrogen) atoms. The van der Waals surface area contributed by atoms with Crippen LogP contribution in [0.3, 0.4) is 0 Å². The van der Waals surface area contributed by atoms with Gasteiger partial charge in [0.1, 0.15) is 5.82 Å². The Labute approximate surface area is 107 Å². The summed E-state index contributed by atoms with van der Waals surface area (Å²) in [5.74, 6) is -0.221. The Bertz CT molecular complexity index is 491. The summed E-state index contributed by atoms with van der Waals surface area (Å²) in [4.78, 5) is 4.06. The quantitative estimate of drug-likeness (QED) is 0.897. The topological polar surface area (TPSA) is 38.9 Å². The molecule has 2 aromatic rings. The lowest BCUT2D eigenvalue weighted by Gasteiger charge is -2.13. The molecule has 2 rings (SSSR count). The minimum Gasteiger partial charge on any atom is -0.324 e. The zero-order valence-corrected chi connectivity index (χ0v) is 10.4. The summed E-state index contributed by atoms with van der Waals surface area (Å²) < 4.78 is 13.3. The third-order valence-corrected chi connectivity index (χ3v) is 2.96. The number of hydrogen-bond donors (Lipinski definition) is 1.